The first-order valence-electron chi connectivity index (χ1n) is 5.55. The summed E-state index contributed by atoms with van der Waals surface area (Å²) in [7, 11) is -2.03. The highest BCUT2D eigenvalue weighted by molar-refractivity contribution is 14.1. The summed E-state index contributed by atoms with van der Waals surface area (Å²) in [5.41, 5.74) is 0. The van der Waals surface area contributed by atoms with E-state index in [1.807, 2.05) is 0 Å². The van der Waals surface area contributed by atoms with Gasteiger partial charge in [-0.3, -0.25) is 0 Å². The number of hydrogen-bond acceptors (Lipinski definition) is 4. The van der Waals surface area contributed by atoms with Crippen LogP contribution in [-0.4, -0.2) is 50.1 Å². The molecule has 18 heavy (non-hydrogen) atoms. The SMILES string of the molecule is CN([C@H]1CNC[C@@H]1O)S(=O)(=O)c1ccc(I)cc1. The molecule has 2 rings (SSSR count). The third-order valence-corrected chi connectivity index (χ3v) is 5.72. The first kappa shape index (κ1) is 14.2. The van der Waals surface area contributed by atoms with Gasteiger partial charge in [0.05, 0.1) is 17.0 Å². The predicted octanol–water partition coefficient (Wildman–Crippen LogP) is 0.244. The third-order valence-electron chi connectivity index (χ3n) is 3.11. The predicted molar refractivity (Wildman–Crippen MR) is 76.8 cm³/mol. The van der Waals surface area contributed by atoms with Gasteiger partial charge in [0.1, 0.15) is 0 Å². The lowest BCUT2D eigenvalue weighted by Gasteiger charge is -2.25. The fourth-order valence-electron chi connectivity index (χ4n) is 1.97. The van der Waals surface area contributed by atoms with Crippen LogP contribution in [0.4, 0.5) is 0 Å². The van der Waals surface area contributed by atoms with E-state index >= 15 is 0 Å². The van der Waals surface area contributed by atoms with Gasteiger partial charge >= 0.3 is 0 Å². The minimum absolute atomic E-state index is 0.254. The van der Waals surface area contributed by atoms with Crippen LogP contribution < -0.4 is 5.32 Å². The number of rotatable bonds is 3. The van der Waals surface area contributed by atoms with Gasteiger partial charge in [0.15, 0.2) is 0 Å². The summed E-state index contributed by atoms with van der Waals surface area (Å²) in [6, 6.07) is 6.27. The first-order valence-corrected chi connectivity index (χ1v) is 8.07. The number of hydrogen-bond donors (Lipinski definition) is 2. The highest BCUT2D eigenvalue weighted by Gasteiger charge is 2.35. The fraction of sp³-hybridized carbons (Fsp3) is 0.455. The second kappa shape index (κ2) is 5.41. The van der Waals surface area contributed by atoms with Gasteiger partial charge in [-0.1, -0.05) is 0 Å². The normalized spacial score (nSPS) is 24.7. The number of sulfonamides is 1. The van der Waals surface area contributed by atoms with Crippen LogP contribution >= 0.6 is 22.6 Å². The van der Waals surface area contributed by atoms with Crippen LogP contribution in [-0.2, 0) is 10.0 Å². The smallest absolute Gasteiger partial charge is 0.243 e. The molecule has 1 aliphatic rings. The Kier molecular flexibility index (Phi) is 4.27. The van der Waals surface area contributed by atoms with Gasteiger partial charge < -0.3 is 10.4 Å². The average Bonchev–Trinajstić information content (AvgIpc) is 2.75. The molecule has 0 aliphatic carbocycles. The molecule has 1 fully saturated rings. The Balaban J connectivity index is 2.28. The molecular weight excluding hydrogens is 367 g/mol. The molecule has 0 bridgehead atoms. The molecule has 0 aromatic heterocycles. The Hall–Kier alpha value is -0.220. The number of aliphatic hydroxyl groups excluding tert-OH is 1. The van der Waals surface area contributed by atoms with Crippen molar-refractivity contribution in [1.29, 1.82) is 0 Å². The van der Waals surface area contributed by atoms with Crippen molar-refractivity contribution in [2.75, 3.05) is 20.1 Å². The van der Waals surface area contributed by atoms with Crippen LogP contribution in [0.15, 0.2) is 29.2 Å². The molecule has 1 heterocycles. The summed E-state index contributed by atoms with van der Waals surface area (Å²) in [5.74, 6) is 0. The molecule has 7 heteroatoms. The van der Waals surface area contributed by atoms with Gasteiger partial charge in [-0.2, -0.15) is 4.31 Å². The lowest BCUT2D eigenvalue weighted by Crippen LogP contribution is -2.44. The molecule has 0 unspecified atom stereocenters. The monoisotopic (exact) mass is 382 g/mol. The third kappa shape index (κ3) is 2.69. The minimum Gasteiger partial charge on any atom is -0.390 e. The summed E-state index contributed by atoms with van der Waals surface area (Å²) in [4.78, 5) is 0.254. The Morgan fingerprint density at radius 1 is 1.33 bits per heavy atom. The van der Waals surface area contributed by atoms with Gasteiger partial charge in [0, 0.05) is 23.7 Å². The van der Waals surface area contributed by atoms with Crippen molar-refractivity contribution in [2.24, 2.45) is 0 Å². The fourth-order valence-corrected chi connectivity index (χ4v) is 3.72. The lowest BCUT2D eigenvalue weighted by atomic mass is 10.2. The van der Waals surface area contributed by atoms with Gasteiger partial charge in [0.25, 0.3) is 0 Å². The van der Waals surface area contributed by atoms with E-state index in [9.17, 15) is 13.5 Å². The van der Waals surface area contributed by atoms with Crippen molar-refractivity contribution >= 4 is 32.6 Å². The summed E-state index contributed by atoms with van der Waals surface area (Å²) in [5, 5.41) is 12.7. The maximum atomic E-state index is 12.4. The number of β-amino-alcohol motifs (C(OH)–C–C–N with tert-alkyl or cyclic N) is 1. The Morgan fingerprint density at radius 3 is 2.44 bits per heavy atom. The highest BCUT2D eigenvalue weighted by atomic mass is 127. The molecule has 0 spiro atoms. The van der Waals surface area contributed by atoms with Crippen LogP contribution in [0, 0.1) is 3.57 Å². The van der Waals surface area contributed by atoms with E-state index < -0.39 is 22.2 Å². The van der Waals surface area contributed by atoms with Crippen LogP contribution in [0.25, 0.3) is 0 Å². The van der Waals surface area contributed by atoms with Gasteiger partial charge in [-0.05, 0) is 46.9 Å². The topological polar surface area (TPSA) is 69.6 Å². The second-order valence-electron chi connectivity index (χ2n) is 4.27. The first-order chi connectivity index (χ1) is 8.43. The maximum Gasteiger partial charge on any atom is 0.243 e. The van der Waals surface area contributed by atoms with Crippen LogP contribution in [0.5, 0.6) is 0 Å². The number of nitrogens with one attached hydrogen (secondary N) is 1. The quantitative estimate of drug-likeness (QED) is 0.736. The molecule has 0 radical (unpaired) electrons. The molecule has 2 atom stereocenters. The van der Waals surface area contributed by atoms with E-state index in [1.54, 1.807) is 24.3 Å². The number of halogens is 1. The standard InChI is InChI=1S/C11H15IN2O3S/c1-14(10-6-13-7-11(10)15)18(16,17)9-4-2-8(12)3-5-9/h2-5,10-11,13,15H,6-7H2,1H3/t10-,11-/m0/s1. The number of likely N-dealkylation sites (N-methyl/N-ethyl adjacent to an activating group) is 1. The molecule has 100 valence electrons. The molecule has 1 aromatic rings. The van der Waals surface area contributed by atoms with Crippen LogP contribution in [0.1, 0.15) is 0 Å². The molecule has 2 N–H and O–H groups in total. The van der Waals surface area contributed by atoms with Crippen LogP contribution in [0.3, 0.4) is 0 Å². The molecule has 1 saturated heterocycles. The van der Waals surface area contributed by atoms with Crippen molar-refractivity contribution in [3.05, 3.63) is 27.8 Å². The summed E-state index contributed by atoms with van der Waals surface area (Å²) in [6.45, 7) is 0.901. The molecule has 1 aromatic carbocycles. The van der Waals surface area contributed by atoms with E-state index in [2.05, 4.69) is 27.9 Å². The zero-order valence-electron chi connectivity index (χ0n) is 9.88. The van der Waals surface area contributed by atoms with Crippen LogP contribution in [0.2, 0.25) is 0 Å². The van der Waals surface area contributed by atoms with Crippen molar-refractivity contribution in [2.45, 2.75) is 17.0 Å². The molecule has 5 nitrogen and oxygen atoms in total. The Bertz CT molecular complexity index is 518. The van der Waals surface area contributed by atoms with Gasteiger partial charge in [-0.25, -0.2) is 8.42 Å². The largest absolute Gasteiger partial charge is 0.390 e. The number of aliphatic hydroxyl groups is 1. The zero-order chi connectivity index (χ0) is 13.3. The summed E-state index contributed by atoms with van der Waals surface area (Å²) >= 11 is 2.12. The second-order valence-corrected chi connectivity index (χ2v) is 7.51. The van der Waals surface area contributed by atoms with Crippen molar-refractivity contribution in [3.8, 4) is 0 Å². The number of benzene rings is 1. The highest BCUT2D eigenvalue weighted by Crippen LogP contribution is 2.20. The number of nitrogens with zero attached hydrogens (tertiary/aromatic N) is 1. The molecule has 1 aliphatic heterocycles. The van der Waals surface area contributed by atoms with E-state index in [4.69, 9.17) is 0 Å². The molecule has 0 amide bonds. The molecule has 0 saturated carbocycles. The van der Waals surface area contributed by atoms with Crippen molar-refractivity contribution < 1.29 is 13.5 Å². The van der Waals surface area contributed by atoms with Gasteiger partial charge in [-0.15, -0.1) is 0 Å². The lowest BCUT2D eigenvalue weighted by molar-refractivity contribution is 0.136. The van der Waals surface area contributed by atoms with E-state index in [1.165, 1.54) is 11.4 Å². The Labute approximate surface area is 120 Å². The van der Waals surface area contributed by atoms with E-state index in [0.29, 0.717) is 13.1 Å². The average molecular weight is 382 g/mol. The van der Waals surface area contributed by atoms with Gasteiger partial charge in [0.2, 0.25) is 10.0 Å². The maximum absolute atomic E-state index is 12.4. The van der Waals surface area contributed by atoms with E-state index in [-0.39, 0.29) is 4.90 Å². The summed E-state index contributed by atoms with van der Waals surface area (Å²) in [6.07, 6.45) is -0.659. The Morgan fingerprint density at radius 2 is 1.94 bits per heavy atom. The minimum atomic E-state index is -3.54. The van der Waals surface area contributed by atoms with Crippen molar-refractivity contribution in [3.63, 3.8) is 0 Å². The molecular formula is C11H15IN2O3S. The van der Waals surface area contributed by atoms with Crippen molar-refractivity contribution in [1.82, 2.24) is 9.62 Å². The summed E-state index contributed by atoms with van der Waals surface area (Å²) < 4.78 is 27.0. The zero-order valence-corrected chi connectivity index (χ0v) is 12.8. The van der Waals surface area contributed by atoms with E-state index in [0.717, 1.165) is 3.57 Å².